The van der Waals surface area contributed by atoms with Crippen LogP contribution in [0.1, 0.15) is 18.1 Å². The number of hydrogen-bond donors (Lipinski definition) is 2. The molecule has 30 heavy (non-hydrogen) atoms. The number of rotatable bonds is 6. The quantitative estimate of drug-likeness (QED) is 0.712. The van der Waals surface area contributed by atoms with Crippen LogP contribution in [0.4, 0.5) is 11.4 Å². The molecule has 1 saturated heterocycles. The molecule has 0 atom stereocenters. The minimum absolute atomic E-state index is 0.184. The van der Waals surface area contributed by atoms with E-state index >= 15 is 0 Å². The van der Waals surface area contributed by atoms with E-state index in [-0.39, 0.29) is 12.5 Å². The van der Waals surface area contributed by atoms with Crippen LogP contribution in [0.15, 0.2) is 48.5 Å². The molecule has 1 fully saturated rings. The maximum absolute atomic E-state index is 12.5. The van der Waals surface area contributed by atoms with E-state index < -0.39 is 17.7 Å². The Hall–Kier alpha value is -3.68. The fraction of sp³-hybridized carbons (Fsp3) is 0.273. The molecular weight excluding hydrogens is 384 g/mol. The Kier molecular flexibility index (Phi) is 6.46. The van der Waals surface area contributed by atoms with E-state index in [2.05, 4.69) is 10.6 Å². The summed E-state index contributed by atoms with van der Waals surface area (Å²) in [6.07, 6.45) is 0. The van der Waals surface area contributed by atoms with Gasteiger partial charge in [-0.1, -0.05) is 24.3 Å². The summed E-state index contributed by atoms with van der Waals surface area (Å²) in [7, 11) is 0. The molecule has 0 aliphatic carbocycles. The Morgan fingerprint density at radius 2 is 1.43 bits per heavy atom. The van der Waals surface area contributed by atoms with Crippen molar-refractivity contribution in [1.82, 2.24) is 9.80 Å². The molecular formula is C22H24N4O4. The first-order valence-electron chi connectivity index (χ1n) is 9.63. The van der Waals surface area contributed by atoms with Gasteiger partial charge in [-0.25, -0.2) is 0 Å². The number of hydrogen-bond acceptors (Lipinski definition) is 4. The number of benzene rings is 2. The van der Waals surface area contributed by atoms with Crippen molar-refractivity contribution in [1.29, 1.82) is 0 Å². The SMILES string of the molecule is CC(=O)Nc1ccc(NC(=O)CN2CCN(Cc3ccccc3C)C(=O)C2=O)cc1. The lowest BCUT2D eigenvalue weighted by Crippen LogP contribution is -2.55. The molecule has 1 aliphatic rings. The molecule has 0 radical (unpaired) electrons. The maximum atomic E-state index is 12.5. The largest absolute Gasteiger partial charge is 0.328 e. The zero-order chi connectivity index (χ0) is 21.7. The van der Waals surface area contributed by atoms with Crippen molar-refractivity contribution < 1.29 is 19.2 Å². The standard InChI is InChI=1S/C22H24N4O4/c1-15-5-3-4-6-17(15)13-25-11-12-26(22(30)21(25)29)14-20(28)24-19-9-7-18(8-10-19)23-16(2)27/h3-10H,11-14H2,1-2H3,(H,23,27)(H,24,28). The molecule has 0 bridgehead atoms. The highest BCUT2D eigenvalue weighted by atomic mass is 16.2. The Morgan fingerprint density at radius 3 is 2.07 bits per heavy atom. The number of carbonyl (C=O) groups excluding carboxylic acids is 4. The van der Waals surface area contributed by atoms with Gasteiger partial charge in [-0.2, -0.15) is 0 Å². The van der Waals surface area contributed by atoms with Crippen LogP contribution in [0.2, 0.25) is 0 Å². The van der Waals surface area contributed by atoms with E-state index in [0.29, 0.717) is 31.0 Å². The summed E-state index contributed by atoms with van der Waals surface area (Å²) in [5.74, 6) is -1.85. The number of amides is 4. The third kappa shape index (κ3) is 5.22. The smallest absolute Gasteiger partial charge is 0.312 e. The van der Waals surface area contributed by atoms with Gasteiger partial charge in [0.15, 0.2) is 0 Å². The fourth-order valence-corrected chi connectivity index (χ4v) is 3.22. The van der Waals surface area contributed by atoms with Gasteiger partial charge in [0, 0.05) is 37.9 Å². The van der Waals surface area contributed by atoms with Gasteiger partial charge in [-0.05, 0) is 42.3 Å². The lowest BCUT2D eigenvalue weighted by molar-refractivity contribution is -0.157. The van der Waals surface area contributed by atoms with Crippen molar-refractivity contribution in [3.8, 4) is 0 Å². The molecule has 2 aromatic rings. The van der Waals surface area contributed by atoms with E-state index in [1.54, 1.807) is 24.3 Å². The molecule has 8 nitrogen and oxygen atoms in total. The summed E-state index contributed by atoms with van der Waals surface area (Å²) in [5.41, 5.74) is 3.20. The first-order valence-corrected chi connectivity index (χ1v) is 9.63. The van der Waals surface area contributed by atoms with Crippen LogP contribution in [0.5, 0.6) is 0 Å². The van der Waals surface area contributed by atoms with Crippen molar-refractivity contribution in [3.63, 3.8) is 0 Å². The van der Waals surface area contributed by atoms with Crippen LogP contribution >= 0.6 is 0 Å². The first-order chi connectivity index (χ1) is 14.3. The van der Waals surface area contributed by atoms with Crippen molar-refractivity contribution in [2.75, 3.05) is 30.3 Å². The van der Waals surface area contributed by atoms with E-state index in [1.807, 2.05) is 31.2 Å². The highest BCUT2D eigenvalue weighted by Gasteiger charge is 2.33. The average Bonchev–Trinajstić information content (AvgIpc) is 2.70. The van der Waals surface area contributed by atoms with Gasteiger partial charge >= 0.3 is 11.8 Å². The van der Waals surface area contributed by atoms with Crippen LogP contribution < -0.4 is 10.6 Å². The minimum Gasteiger partial charge on any atom is -0.328 e. The lowest BCUT2D eigenvalue weighted by Gasteiger charge is -2.33. The summed E-state index contributed by atoms with van der Waals surface area (Å²) in [4.78, 5) is 51.1. The van der Waals surface area contributed by atoms with Crippen molar-refractivity contribution >= 4 is 35.0 Å². The molecule has 8 heteroatoms. The molecule has 2 N–H and O–H groups in total. The Bertz CT molecular complexity index is 971. The van der Waals surface area contributed by atoms with E-state index in [9.17, 15) is 19.2 Å². The third-order valence-electron chi connectivity index (χ3n) is 4.84. The predicted molar refractivity (Wildman–Crippen MR) is 113 cm³/mol. The number of nitrogens with one attached hydrogen (secondary N) is 2. The van der Waals surface area contributed by atoms with Gasteiger partial charge < -0.3 is 20.4 Å². The normalized spacial score (nSPS) is 13.9. The second-order valence-electron chi connectivity index (χ2n) is 7.19. The Morgan fingerprint density at radius 1 is 0.867 bits per heavy atom. The van der Waals surface area contributed by atoms with E-state index in [1.165, 1.54) is 16.7 Å². The van der Waals surface area contributed by atoms with Gasteiger partial charge in [0.1, 0.15) is 6.54 Å². The van der Waals surface area contributed by atoms with E-state index in [4.69, 9.17) is 0 Å². The van der Waals surface area contributed by atoms with Crippen LogP contribution in [0.25, 0.3) is 0 Å². The molecule has 2 aromatic carbocycles. The van der Waals surface area contributed by atoms with Crippen LogP contribution in [0, 0.1) is 6.92 Å². The molecule has 0 spiro atoms. The molecule has 1 aliphatic heterocycles. The second kappa shape index (κ2) is 9.21. The number of aryl methyl sites for hydroxylation is 1. The number of piperazine rings is 1. The van der Waals surface area contributed by atoms with Gasteiger partial charge in [-0.3, -0.25) is 19.2 Å². The van der Waals surface area contributed by atoms with Crippen molar-refractivity contribution in [2.24, 2.45) is 0 Å². The maximum Gasteiger partial charge on any atom is 0.312 e. The summed E-state index contributed by atoms with van der Waals surface area (Å²) in [6.45, 7) is 4.22. The molecule has 1 heterocycles. The number of anilines is 2. The minimum atomic E-state index is -0.675. The lowest BCUT2D eigenvalue weighted by atomic mass is 10.1. The van der Waals surface area contributed by atoms with Gasteiger partial charge in [0.05, 0.1) is 0 Å². The molecule has 3 rings (SSSR count). The van der Waals surface area contributed by atoms with Gasteiger partial charge in [0.25, 0.3) is 0 Å². The monoisotopic (exact) mass is 408 g/mol. The molecule has 4 amide bonds. The van der Waals surface area contributed by atoms with Crippen LogP contribution in [0.3, 0.4) is 0 Å². The average molecular weight is 408 g/mol. The molecule has 0 aromatic heterocycles. The highest BCUT2D eigenvalue weighted by Crippen LogP contribution is 2.15. The van der Waals surface area contributed by atoms with Crippen molar-refractivity contribution in [3.05, 3.63) is 59.7 Å². The summed E-state index contributed by atoms with van der Waals surface area (Å²) in [5, 5.41) is 5.33. The Labute approximate surface area is 174 Å². The summed E-state index contributed by atoms with van der Waals surface area (Å²) in [6, 6.07) is 14.3. The molecule has 0 unspecified atom stereocenters. The van der Waals surface area contributed by atoms with Crippen LogP contribution in [-0.4, -0.2) is 53.1 Å². The topological polar surface area (TPSA) is 98.8 Å². The summed E-state index contributed by atoms with van der Waals surface area (Å²) >= 11 is 0. The fourth-order valence-electron chi connectivity index (χ4n) is 3.22. The molecule has 0 saturated carbocycles. The van der Waals surface area contributed by atoms with Gasteiger partial charge in [0.2, 0.25) is 11.8 Å². The predicted octanol–water partition coefficient (Wildman–Crippen LogP) is 1.76. The second-order valence-corrected chi connectivity index (χ2v) is 7.19. The third-order valence-corrected chi connectivity index (χ3v) is 4.84. The summed E-state index contributed by atoms with van der Waals surface area (Å²) < 4.78 is 0. The number of nitrogens with zero attached hydrogens (tertiary/aromatic N) is 2. The zero-order valence-corrected chi connectivity index (χ0v) is 17.0. The first kappa shape index (κ1) is 21.0. The van der Waals surface area contributed by atoms with E-state index in [0.717, 1.165) is 11.1 Å². The van der Waals surface area contributed by atoms with Gasteiger partial charge in [-0.15, -0.1) is 0 Å². The zero-order valence-electron chi connectivity index (χ0n) is 17.0. The van der Waals surface area contributed by atoms with Crippen molar-refractivity contribution in [2.45, 2.75) is 20.4 Å². The highest BCUT2D eigenvalue weighted by molar-refractivity contribution is 6.35. The Balaban J connectivity index is 1.54. The number of carbonyl (C=O) groups is 4. The van der Waals surface area contributed by atoms with Crippen LogP contribution in [-0.2, 0) is 25.7 Å². The molecule has 156 valence electrons.